The molecule has 0 saturated carbocycles. The molecular formula is C13H9F3N4O. The lowest BCUT2D eigenvalue weighted by atomic mass is 10.0. The van der Waals surface area contributed by atoms with E-state index < -0.39 is 11.7 Å². The van der Waals surface area contributed by atoms with Gasteiger partial charge in [-0.1, -0.05) is 17.3 Å². The molecule has 3 rings (SSSR count). The van der Waals surface area contributed by atoms with Crippen molar-refractivity contribution in [1.82, 2.24) is 15.4 Å². The van der Waals surface area contributed by atoms with Gasteiger partial charge in [0.25, 0.3) is 0 Å². The van der Waals surface area contributed by atoms with E-state index >= 15 is 0 Å². The molecule has 0 aliphatic rings. The Morgan fingerprint density at radius 1 is 1.19 bits per heavy atom. The summed E-state index contributed by atoms with van der Waals surface area (Å²) in [5, 5.41) is 10.2. The van der Waals surface area contributed by atoms with Gasteiger partial charge in [-0.15, -0.1) is 0 Å². The molecule has 21 heavy (non-hydrogen) atoms. The largest absolute Gasteiger partial charge is 0.416 e. The van der Waals surface area contributed by atoms with Crippen molar-refractivity contribution in [3.05, 3.63) is 42.1 Å². The van der Waals surface area contributed by atoms with Crippen molar-refractivity contribution >= 4 is 5.88 Å². The molecule has 0 unspecified atom stereocenters. The van der Waals surface area contributed by atoms with Gasteiger partial charge in [0.1, 0.15) is 5.69 Å². The highest BCUT2D eigenvalue weighted by molar-refractivity contribution is 5.85. The van der Waals surface area contributed by atoms with Crippen LogP contribution in [0, 0.1) is 0 Å². The molecule has 108 valence electrons. The highest BCUT2D eigenvalue weighted by Gasteiger charge is 2.31. The Morgan fingerprint density at radius 3 is 2.67 bits per heavy atom. The number of nitrogens with two attached hydrogens (primary N) is 1. The first-order valence-electron chi connectivity index (χ1n) is 5.89. The van der Waals surface area contributed by atoms with E-state index in [9.17, 15) is 13.2 Å². The smallest absolute Gasteiger partial charge is 0.367 e. The summed E-state index contributed by atoms with van der Waals surface area (Å²) in [6.45, 7) is 0. The summed E-state index contributed by atoms with van der Waals surface area (Å²) < 4.78 is 43.3. The van der Waals surface area contributed by atoms with Gasteiger partial charge in [-0.25, -0.2) is 0 Å². The Labute approximate surface area is 116 Å². The molecule has 0 fully saturated rings. The van der Waals surface area contributed by atoms with E-state index in [1.807, 2.05) is 0 Å². The molecule has 0 aliphatic heterocycles. The third-order valence-corrected chi connectivity index (χ3v) is 2.95. The van der Waals surface area contributed by atoms with Crippen LogP contribution in [-0.2, 0) is 6.18 Å². The Morgan fingerprint density at radius 2 is 2.00 bits per heavy atom. The third-order valence-electron chi connectivity index (χ3n) is 2.95. The van der Waals surface area contributed by atoms with Crippen molar-refractivity contribution in [2.75, 3.05) is 5.73 Å². The molecule has 5 nitrogen and oxygen atoms in total. The third kappa shape index (κ3) is 2.35. The number of hydrogen-bond donors (Lipinski definition) is 2. The second-order valence-corrected chi connectivity index (χ2v) is 4.32. The minimum atomic E-state index is -4.43. The molecule has 3 aromatic rings. The number of nitrogens with zero attached hydrogens (tertiary/aromatic N) is 2. The topological polar surface area (TPSA) is 80.7 Å². The molecule has 0 saturated heterocycles. The van der Waals surface area contributed by atoms with Crippen LogP contribution in [0.3, 0.4) is 0 Å². The van der Waals surface area contributed by atoms with E-state index in [-0.39, 0.29) is 11.4 Å². The van der Waals surface area contributed by atoms with Crippen LogP contribution in [0.2, 0.25) is 0 Å². The van der Waals surface area contributed by atoms with Crippen LogP contribution in [-0.4, -0.2) is 15.4 Å². The minimum absolute atomic E-state index is 0.0566. The standard InChI is InChI=1S/C13H9F3N4O/c14-13(15,16)8-3-1-2-7(6-8)10-11(20-21-12(10)17)9-4-5-18-19-9/h1-6H,17H2,(H,18,19). The van der Waals surface area contributed by atoms with E-state index in [1.54, 1.807) is 6.07 Å². The van der Waals surface area contributed by atoms with Gasteiger partial charge in [0.2, 0.25) is 5.88 Å². The van der Waals surface area contributed by atoms with Gasteiger partial charge >= 0.3 is 6.18 Å². The molecule has 0 amide bonds. The lowest BCUT2D eigenvalue weighted by molar-refractivity contribution is -0.137. The van der Waals surface area contributed by atoms with Gasteiger partial charge < -0.3 is 10.3 Å². The number of rotatable bonds is 2. The van der Waals surface area contributed by atoms with Crippen molar-refractivity contribution < 1.29 is 17.7 Å². The number of benzene rings is 1. The summed E-state index contributed by atoms with van der Waals surface area (Å²) in [4.78, 5) is 0. The lowest BCUT2D eigenvalue weighted by Crippen LogP contribution is -2.04. The summed E-state index contributed by atoms with van der Waals surface area (Å²) in [6.07, 6.45) is -2.94. The minimum Gasteiger partial charge on any atom is -0.367 e. The van der Waals surface area contributed by atoms with Crippen LogP contribution < -0.4 is 5.73 Å². The SMILES string of the molecule is Nc1onc(-c2ccn[nH]2)c1-c1cccc(C(F)(F)F)c1. The molecule has 8 heteroatoms. The molecule has 2 heterocycles. The summed E-state index contributed by atoms with van der Waals surface area (Å²) in [5.41, 5.74) is 6.31. The molecule has 0 atom stereocenters. The fourth-order valence-corrected chi connectivity index (χ4v) is 2.00. The zero-order valence-corrected chi connectivity index (χ0v) is 10.5. The van der Waals surface area contributed by atoms with Crippen LogP contribution in [0.1, 0.15) is 5.56 Å². The number of nitrogens with one attached hydrogen (secondary N) is 1. The maximum atomic E-state index is 12.8. The van der Waals surface area contributed by atoms with Gasteiger partial charge in [-0.3, -0.25) is 5.10 Å². The van der Waals surface area contributed by atoms with E-state index in [1.165, 1.54) is 18.3 Å². The maximum absolute atomic E-state index is 12.8. The number of H-pyrrole nitrogens is 1. The van der Waals surface area contributed by atoms with E-state index in [2.05, 4.69) is 15.4 Å². The molecule has 0 spiro atoms. The zero-order chi connectivity index (χ0) is 15.0. The van der Waals surface area contributed by atoms with Crippen molar-refractivity contribution in [2.45, 2.75) is 6.18 Å². The molecule has 0 radical (unpaired) electrons. The monoisotopic (exact) mass is 294 g/mol. The van der Waals surface area contributed by atoms with E-state index in [0.29, 0.717) is 17.0 Å². The van der Waals surface area contributed by atoms with Crippen LogP contribution in [0.4, 0.5) is 19.1 Å². The Balaban J connectivity index is 2.16. The van der Waals surface area contributed by atoms with Gasteiger partial charge in [0.15, 0.2) is 0 Å². The number of nitrogen functional groups attached to an aromatic ring is 1. The molecule has 1 aromatic carbocycles. The number of alkyl halides is 3. The quantitative estimate of drug-likeness (QED) is 0.759. The van der Waals surface area contributed by atoms with E-state index in [0.717, 1.165) is 12.1 Å². The van der Waals surface area contributed by atoms with Crippen LogP contribution in [0.5, 0.6) is 0 Å². The Hall–Kier alpha value is -2.77. The number of aromatic nitrogens is 3. The van der Waals surface area contributed by atoms with Gasteiger partial charge in [-0.2, -0.15) is 18.3 Å². The predicted octanol–water partition coefficient (Wildman–Crippen LogP) is 3.33. The second kappa shape index (κ2) is 4.65. The predicted molar refractivity (Wildman–Crippen MR) is 68.9 cm³/mol. The van der Waals surface area contributed by atoms with Crippen molar-refractivity contribution in [3.63, 3.8) is 0 Å². The fourth-order valence-electron chi connectivity index (χ4n) is 2.00. The fraction of sp³-hybridized carbons (Fsp3) is 0.0769. The van der Waals surface area contributed by atoms with Crippen molar-refractivity contribution in [1.29, 1.82) is 0 Å². The lowest BCUT2D eigenvalue weighted by Gasteiger charge is -2.08. The summed E-state index contributed by atoms with van der Waals surface area (Å²) >= 11 is 0. The highest BCUT2D eigenvalue weighted by atomic mass is 19.4. The summed E-state index contributed by atoms with van der Waals surface area (Å²) in [6, 6.07) is 6.43. The zero-order valence-electron chi connectivity index (χ0n) is 10.5. The van der Waals surface area contributed by atoms with Crippen LogP contribution in [0.25, 0.3) is 22.5 Å². The molecule has 2 aromatic heterocycles. The molecule has 0 aliphatic carbocycles. The first kappa shape index (κ1) is 13.2. The van der Waals surface area contributed by atoms with Gasteiger partial charge in [-0.05, 0) is 23.8 Å². The number of aromatic amines is 1. The Bertz CT molecular complexity index is 762. The average molecular weight is 294 g/mol. The first-order valence-corrected chi connectivity index (χ1v) is 5.89. The molecular weight excluding hydrogens is 285 g/mol. The molecule has 3 N–H and O–H groups in total. The summed E-state index contributed by atoms with van der Waals surface area (Å²) in [7, 11) is 0. The second-order valence-electron chi connectivity index (χ2n) is 4.32. The van der Waals surface area contributed by atoms with Gasteiger partial charge in [0.05, 0.1) is 16.8 Å². The van der Waals surface area contributed by atoms with Crippen LogP contribution in [0.15, 0.2) is 41.1 Å². The highest BCUT2D eigenvalue weighted by Crippen LogP contribution is 2.38. The average Bonchev–Trinajstić information content (AvgIpc) is 3.06. The van der Waals surface area contributed by atoms with Crippen molar-refractivity contribution in [2.24, 2.45) is 0 Å². The maximum Gasteiger partial charge on any atom is 0.416 e. The Kier molecular flexibility index (Phi) is 2.93. The van der Waals surface area contributed by atoms with E-state index in [4.69, 9.17) is 10.3 Å². The normalized spacial score (nSPS) is 11.8. The summed E-state index contributed by atoms with van der Waals surface area (Å²) in [5.74, 6) is -0.0566. The number of anilines is 1. The van der Waals surface area contributed by atoms with Crippen molar-refractivity contribution in [3.8, 4) is 22.5 Å². The molecule has 0 bridgehead atoms. The van der Waals surface area contributed by atoms with Crippen LogP contribution >= 0.6 is 0 Å². The van der Waals surface area contributed by atoms with Gasteiger partial charge in [0, 0.05) is 6.20 Å². The number of hydrogen-bond acceptors (Lipinski definition) is 4. The number of halogens is 3. The first-order chi connectivity index (χ1) is 9.97.